The number of nitrogens with two attached hydrogens (primary N) is 1. The van der Waals surface area contributed by atoms with Crippen molar-refractivity contribution in [3.8, 4) is 0 Å². The summed E-state index contributed by atoms with van der Waals surface area (Å²) in [6.45, 7) is 9.00. The zero-order chi connectivity index (χ0) is 9.30. The summed E-state index contributed by atoms with van der Waals surface area (Å²) in [5.74, 6) is 0. The highest BCUT2D eigenvalue weighted by molar-refractivity contribution is 5.22. The molecule has 0 saturated heterocycles. The van der Waals surface area contributed by atoms with E-state index < -0.39 is 0 Å². The van der Waals surface area contributed by atoms with E-state index in [2.05, 4.69) is 18.9 Å². The van der Waals surface area contributed by atoms with Gasteiger partial charge in [0.05, 0.1) is 12.2 Å². The van der Waals surface area contributed by atoms with Gasteiger partial charge in [-0.25, -0.2) is 0 Å². The molecule has 1 atom stereocenters. The van der Waals surface area contributed by atoms with Crippen molar-refractivity contribution in [1.82, 2.24) is 9.78 Å². The molecule has 0 aromatic carbocycles. The Morgan fingerprint density at radius 1 is 1.42 bits per heavy atom. The van der Waals surface area contributed by atoms with Gasteiger partial charge < -0.3 is 5.73 Å². The predicted molar refractivity (Wildman–Crippen MR) is 50.1 cm³/mol. The van der Waals surface area contributed by atoms with Gasteiger partial charge in [0.1, 0.15) is 0 Å². The largest absolute Gasteiger partial charge is 0.326 e. The molecule has 12 heavy (non-hydrogen) atoms. The van der Waals surface area contributed by atoms with Crippen molar-refractivity contribution in [2.45, 2.75) is 40.3 Å². The van der Waals surface area contributed by atoms with Gasteiger partial charge in [0.25, 0.3) is 0 Å². The zero-order valence-corrected chi connectivity index (χ0v) is 8.26. The molecule has 1 rings (SSSR count). The fourth-order valence-electron chi connectivity index (χ4n) is 1.24. The van der Waals surface area contributed by atoms with E-state index in [1.54, 1.807) is 0 Å². The second kappa shape index (κ2) is 3.27. The van der Waals surface area contributed by atoms with E-state index in [0.717, 1.165) is 12.2 Å². The standard InChI is InChI=1S/C9H17N3/c1-6(10)5-12-9(4)7(2)8(3)11-12/h6H,5,10H2,1-4H3/t6-/m1/s1. The Labute approximate surface area is 73.6 Å². The fourth-order valence-corrected chi connectivity index (χ4v) is 1.24. The van der Waals surface area contributed by atoms with Gasteiger partial charge in [0.2, 0.25) is 0 Å². The second-order valence-corrected chi connectivity index (χ2v) is 3.46. The lowest BCUT2D eigenvalue weighted by atomic mass is 10.2. The minimum absolute atomic E-state index is 0.169. The average Bonchev–Trinajstić information content (AvgIpc) is 2.17. The minimum Gasteiger partial charge on any atom is -0.326 e. The summed E-state index contributed by atoms with van der Waals surface area (Å²) in [5, 5.41) is 4.39. The number of rotatable bonds is 2. The average molecular weight is 167 g/mol. The molecular formula is C9H17N3. The van der Waals surface area contributed by atoms with E-state index in [4.69, 9.17) is 5.73 Å². The van der Waals surface area contributed by atoms with E-state index in [0.29, 0.717) is 0 Å². The van der Waals surface area contributed by atoms with E-state index in [-0.39, 0.29) is 6.04 Å². The highest BCUT2D eigenvalue weighted by Gasteiger charge is 2.07. The molecule has 0 radical (unpaired) electrons. The number of nitrogens with zero attached hydrogens (tertiary/aromatic N) is 2. The van der Waals surface area contributed by atoms with Gasteiger partial charge >= 0.3 is 0 Å². The molecule has 1 aromatic rings. The third-order valence-electron chi connectivity index (χ3n) is 2.20. The number of hydrogen-bond acceptors (Lipinski definition) is 2. The number of aryl methyl sites for hydroxylation is 1. The molecule has 0 amide bonds. The molecule has 0 fully saturated rings. The summed E-state index contributed by atoms with van der Waals surface area (Å²) >= 11 is 0. The molecule has 1 aromatic heterocycles. The molecule has 0 aliphatic heterocycles. The molecule has 0 aliphatic carbocycles. The molecule has 3 heteroatoms. The van der Waals surface area contributed by atoms with Crippen LogP contribution in [-0.2, 0) is 6.54 Å². The normalized spacial score (nSPS) is 13.4. The van der Waals surface area contributed by atoms with Crippen molar-refractivity contribution in [3.05, 3.63) is 17.0 Å². The van der Waals surface area contributed by atoms with Crippen LogP contribution in [0.25, 0.3) is 0 Å². The molecule has 1 heterocycles. The Balaban J connectivity index is 2.93. The molecule has 3 nitrogen and oxygen atoms in total. The van der Waals surface area contributed by atoms with Crippen LogP contribution in [0.1, 0.15) is 23.9 Å². The first kappa shape index (κ1) is 9.26. The Kier molecular flexibility index (Phi) is 2.52. The first-order chi connectivity index (χ1) is 5.52. The molecule has 0 bridgehead atoms. The van der Waals surface area contributed by atoms with Gasteiger partial charge in [-0.05, 0) is 33.3 Å². The van der Waals surface area contributed by atoms with Gasteiger partial charge in [0.15, 0.2) is 0 Å². The van der Waals surface area contributed by atoms with Crippen molar-refractivity contribution in [2.75, 3.05) is 0 Å². The van der Waals surface area contributed by atoms with Gasteiger partial charge in [-0.1, -0.05) is 0 Å². The molecular weight excluding hydrogens is 150 g/mol. The number of hydrogen-bond donors (Lipinski definition) is 1. The number of aromatic nitrogens is 2. The van der Waals surface area contributed by atoms with Crippen LogP contribution < -0.4 is 5.73 Å². The molecule has 0 saturated carbocycles. The monoisotopic (exact) mass is 167 g/mol. The van der Waals surface area contributed by atoms with Crippen molar-refractivity contribution in [2.24, 2.45) is 5.73 Å². The van der Waals surface area contributed by atoms with Gasteiger partial charge in [-0.15, -0.1) is 0 Å². The SMILES string of the molecule is Cc1nn(C[C@@H](C)N)c(C)c1C. The van der Waals surface area contributed by atoms with E-state index in [1.165, 1.54) is 11.3 Å². The summed E-state index contributed by atoms with van der Waals surface area (Å²) in [7, 11) is 0. The van der Waals surface area contributed by atoms with Crippen LogP contribution in [0.15, 0.2) is 0 Å². The van der Waals surface area contributed by atoms with Crippen molar-refractivity contribution < 1.29 is 0 Å². The highest BCUT2D eigenvalue weighted by Crippen LogP contribution is 2.10. The van der Waals surface area contributed by atoms with E-state index >= 15 is 0 Å². The van der Waals surface area contributed by atoms with Gasteiger partial charge in [-0.2, -0.15) is 5.10 Å². The quantitative estimate of drug-likeness (QED) is 0.718. The fraction of sp³-hybridized carbons (Fsp3) is 0.667. The predicted octanol–water partition coefficient (Wildman–Crippen LogP) is 1.16. The Hall–Kier alpha value is -0.830. The highest BCUT2D eigenvalue weighted by atomic mass is 15.3. The summed E-state index contributed by atoms with van der Waals surface area (Å²) in [4.78, 5) is 0. The lowest BCUT2D eigenvalue weighted by Crippen LogP contribution is -2.23. The molecule has 0 unspecified atom stereocenters. The van der Waals surface area contributed by atoms with Gasteiger partial charge in [0, 0.05) is 11.7 Å². The Morgan fingerprint density at radius 3 is 2.33 bits per heavy atom. The second-order valence-electron chi connectivity index (χ2n) is 3.46. The lowest BCUT2D eigenvalue weighted by molar-refractivity contribution is 0.525. The zero-order valence-electron chi connectivity index (χ0n) is 8.26. The molecule has 68 valence electrons. The van der Waals surface area contributed by atoms with Crippen molar-refractivity contribution in [3.63, 3.8) is 0 Å². The van der Waals surface area contributed by atoms with Crippen LogP contribution in [0.3, 0.4) is 0 Å². The van der Waals surface area contributed by atoms with Crippen LogP contribution in [0.4, 0.5) is 0 Å². The smallest absolute Gasteiger partial charge is 0.0625 e. The minimum atomic E-state index is 0.169. The van der Waals surface area contributed by atoms with Crippen molar-refractivity contribution >= 4 is 0 Å². The Morgan fingerprint density at radius 2 is 2.00 bits per heavy atom. The Bertz CT molecular complexity index is 274. The van der Waals surface area contributed by atoms with Crippen LogP contribution >= 0.6 is 0 Å². The summed E-state index contributed by atoms with van der Waals surface area (Å²) in [6.07, 6.45) is 0. The first-order valence-corrected chi connectivity index (χ1v) is 4.28. The maximum absolute atomic E-state index is 5.69. The first-order valence-electron chi connectivity index (χ1n) is 4.28. The molecule has 2 N–H and O–H groups in total. The molecule has 0 spiro atoms. The molecule has 0 aliphatic rings. The van der Waals surface area contributed by atoms with Crippen molar-refractivity contribution in [1.29, 1.82) is 0 Å². The third-order valence-corrected chi connectivity index (χ3v) is 2.20. The third kappa shape index (κ3) is 1.67. The van der Waals surface area contributed by atoms with Crippen LogP contribution in [0.5, 0.6) is 0 Å². The topological polar surface area (TPSA) is 43.8 Å². The van der Waals surface area contributed by atoms with E-state index in [1.807, 2.05) is 18.5 Å². The maximum Gasteiger partial charge on any atom is 0.0625 e. The van der Waals surface area contributed by atoms with Crippen LogP contribution in [0.2, 0.25) is 0 Å². The maximum atomic E-state index is 5.69. The summed E-state index contributed by atoms with van der Waals surface area (Å²) in [6, 6.07) is 0.169. The van der Waals surface area contributed by atoms with Gasteiger partial charge in [-0.3, -0.25) is 4.68 Å². The van der Waals surface area contributed by atoms with Crippen LogP contribution in [0, 0.1) is 20.8 Å². The lowest BCUT2D eigenvalue weighted by Gasteiger charge is -2.06. The van der Waals surface area contributed by atoms with Crippen LogP contribution in [-0.4, -0.2) is 15.8 Å². The summed E-state index contributed by atoms with van der Waals surface area (Å²) < 4.78 is 1.98. The summed E-state index contributed by atoms with van der Waals surface area (Å²) in [5.41, 5.74) is 9.30. The van der Waals surface area contributed by atoms with E-state index in [9.17, 15) is 0 Å².